The minimum absolute atomic E-state index is 0.183. The minimum Gasteiger partial charge on any atom is -0.355 e. The predicted octanol–water partition coefficient (Wildman–Crippen LogP) is 1.72. The van der Waals surface area contributed by atoms with Gasteiger partial charge in [-0.2, -0.15) is 5.10 Å². The average molecular weight is 315 g/mol. The lowest BCUT2D eigenvalue weighted by atomic mass is 10.1. The topological polar surface area (TPSA) is 88.1 Å². The summed E-state index contributed by atoms with van der Waals surface area (Å²) in [4.78, 5) is 23.8. The molecule has 1 aromatic heterocycles. The highest BCUT2D eigenvalue weighted by atomic mass is 16.2. The van der Waals surface area contributed by atoms with Gasteiger partial charge in [-0.15, -0.1) is 0 Å². The summed E-state index contributed by atoms with van der Waals surface area (Å²) in [5.74, 6) is -0.183. The first-order valence-corrected chi connectivity index (χ1v) is 7.28. The highest BCUT2D eigenvalue weighted by Crippen LogP contribution is 2.18. The number of hydrogen-bond acceptors (Lipinski definition) is 3. The maximum Gasteiger partial charge on any atom is 0.319 e. The molecule has 0 aliphatic heterocycles. The first-order valence-electron chi connectivity index (χ1n) is 7.28. The number of hydrogen-bond donors (Lipinski definition) is 3. The largest absolute Gasteiger partial charge is 0.355 e. The molecule has 1 aromatic carbocycles. The molecule has 7 nitrogen and oxygen atoms in total. The zero-order valence-electron chi connectivity index (χ0n) is 13.7. The second kappa shape index (κ2) is 6.95. The fourth-order valence-electron chi connectivity index (χ4n) is 2.32. The molecule has 0 fully saturated rings. The van der Waals surface area contributed by atoms with E-state index in [1.165, 1.54) is 0 Å². The van der Waals surface area contributed by atoms with Crippen LogP contribution in [0.2, 0.25) is 0 Å². The Morgan fingerprint density at radius 1 is 1.26 bits per heavy atom. The van der Waals surface area contributed by atoms with Crippen molar-refractivity contribution in [2.75, 3.05) is 12.4 Å². The Bertz CT molecular complexity index is 736. The number of aromatic nitrogens is 2. The van der Waals surface area contributed by atoms with Crippen LogP contribution in [0.3, 0.4) is 0 Å². The molecule has 0 aliphatic rings. The van der Waals surface area contributed by atoms with E-state index in [2.05, 4.69) is 21.0 Å². The monoisotopic (exact) mass is 315 g/mol. The molecule has 1 heterocycles. The van der Waals surface area contributed by atoms with Crippen LogP contribution >= 0.6 is 0 Å². The van der Waals surface area contributed by atoms with E-state index in [9.17, 15) is 9.59 Å². The third kappa shape index (κ3) is 3.88. The maximum absolute atomic E-state index is 12.1. The first-order chi connectivity index (χ1) is 10.9. The molecule has 0 saturated heterocycles. The van der Waals surface area contributed by atoms with Gasteiger partial charge in [0.15, 0.2) is 0 Å². The summed E-state index contributed by atoms with van der Waals surface area (Å²) >= 11 is 0. The minimum atomic E-state index is -0.332. The first kappa shape index (κ1) is 16.5. The van der Waals surface area contributed by atoms with Gasteiger partial charge in [-0.05, 0) is 37.6 Å². The second-order valence-electron chi connectivity index (χ2n) is 5.27. The van der Waals surface area contributed by atoms with E-state index < -0.39 is 0 Å². The predicted molar refractivity (Wildman–Crippen MR) is 88.4 cm³/mol. The molecule has 0 unspecified atom stereocenters. The van der Waals surface area contributed by atoms with Crippen LogP contribution in [0.25, 0.3) is 0 Å². The van der Waals surface area contributed by atoms with Gasteiger partial charge in [0, 0.05) is 25.3 Å². The average Bonchev–Trinajstić information content (AvgIpc) is 2.84. The molecule has 23 heavy (non-hydrogen) atoms. The summed E-state index contributed by atoms with van der Waals surface area (Å²) in [5, 5.41) is 12.4. The van der Waals surface area contributed by atoms with E-state index in [1.54, 1.807) is 36.9 Å². The van der Waals surface area contributed by atoms with Crippen LogP contribution in [0.1, 0.15) is 27.3 Å². The van der Waals surface area contributed by atoms with Gasteiger partial charge in [0.2, 0.25) is 0 Å². The smallest absolute Gasteiger partial charge is 0.319 e. The molecule has 0 radical (unpaired) electrons. The van der Waals surface area contributed by atoms with E-state index in [4.69, 9.17) is 0 Å². The second-order valence-corrected chi connectivity index (χ2v) is 5.27. The fourth-order valence-corrected chi connectivity index (χ4v) is 2.32. The molecule has 122 valence electrons. The van der Waals surface area contributed by atoms with Crippen molar-refractivity contribution in [3.63, 3.8) is 0 Å². The van der Waals surface area contributed by atoms with Crippen LogP contribution in [-0.4, -0.2) is 28.8 Å². The van der Waals surface area contributed by atoms with Crippen molar-refractivity contribution in [1.29, 1.82) is 0 Å². The van der Waals surface area contributed by atoms with Crippen molar-refractivity contribution in [3.05, 3.63) is 46.8 Å². The number of anilines is 1. The summed E-state index contributed by atoms with van der Waals surface area (Å²) in [7, 11) is 3.41. The number of rotatable bonds is 4. The quantitative estimate of drug-likeness (QED) is 0.802. The van der Waals surface area contributed by atoms with Crippen LogP contribution in [0.5, 0.6) is 0 Å². The van der Waals surface area contributed by atoms with Crippen molar-refractivity contribution in [2.45, 2.75) is 20.4 Å². The number of benzene rings is 1. The van der Waals surface area contributed by atoms with E-state index in [-0.39, 0.29) is 11.9 Å². The number of urea groups is 1. The van der Waals surface area contributed by atoms with E-state index >= 15 is 0 Å². The van der Waals surface area contributed by atoms with Crippen LogP contribution in [-0.2, 0) is 13.6 Å². The van der Waals surface area contributed by atoms with Gasteiger partial charge < -0.3 is 16.0 Å². The Balaban J connectivity index is 2.03. The Kier molecular flexibility index (Phi) is 5.00. The molecule has 0 spiro atoms. The molecule has 3 amide bonds. The van der Waals surface area contributed by atoms with Gasteiger partial charge in [0.25, 0.3) is 5.91 Å². The van der Waals surface area contributed by atoms with Crippen molar-refractivity contribution < 1.29 is 9.59 Å². The number of nitrogens with zero attached hydrogens (tertiary/aromatic N) is 2. The lowest BCUT2D eigenvalue weighted by Crippen LogP contribution is -2.29. The van der Waals surface area contributed by atoms with Gasteiger partial charge in [0.1, 0.15) is 0 Å². The molecule has 0 aliphatic carbocycles. The van der Waals surface area contributed by atoms with Gasteiger partial charge >= 0.3 is 6.03 Å². The molecule has 7 heteroatoms. The van der Waals surface area contributed by atoms with Crippen LogP contribution in [0.15, 0.2) is 24.3 Å². The van der Waals surface area contributed by atoms with E-state index in [1.807, 2.05) is 20.0 Å². The van der Waals surface area contributed by atoms with Crippen molar-refractivity contribution in [2.24, 2.45) is 7.05 Å². The van der Waals surface area contributed by atoms with Gasteiger partial charge in [-0.3, -0.25) is 9.48 Å². The van der Waals surface area contributed by atoms with Crippen molar-refractivity contribution >= 4 is 17.6 Å². The zero-order chi connectivity index (χ0) is 17.0. The molecule has 0 atom stereocenters. The van der Waals surface area contributed by atoms with Crippen molar-refractivity contribution in [3.8, 4) is 0 Å². The molecular formula is C16H21N5O2. The number of nitrogens with one attached hydrogen (secondary N) is 3. The summed E-state index contributed by atoms with van der Waals surface area (Å²) in [6, 6.07) is 6.79. The summed E-state index contributed by atoms with van der Waals surface area (Å²) in [6.45, 7) is 4.07. The molecule has 3 N–H and O–H groups in total. The normalized spacial score (nSPS) is 10.3. The Labute approximate surface area is 135 Å². The number of aryl methyl sites for hydroxylation is 2. The summed E-state index contributed by atoms with van der Waals surface area (Å²) < 4.78 is 1.73. The Morgan fingerprint density at radius 2 is 2.00 bits per heavy atom. The number of carbonyl (C=O) groups is 2. The number of amides is 3. The summed E-state index contributed by atoms with van der Waals surface area (Å²) in [6.07, 6.45) is 0. The lowest BCUT2D eigenvalue weighted by molar-refractivity contribution is 0.0962. The molecule has 2 aromatic rings. The maximum atomic E-state index is 12.1. The third-order valence-electron chi connectivity index (χ3n) is 3.58. The zero-order valence-corrected chi connectivity index (χ0v) is 13.7. The van der Waals surface area contributed by atoms with E-state index in [0.717, 1.165) is 17.0 Å². The highest BCUT2D eigenvalue weighted by Gasteiger charge is 2.12. The van der Waals surface area contributed by atoms with Crippen LogP contribution in [0, 0.1) is 13.8 Å². The molecule has 0 saturated carbocycles. The lowest BCUT2D eigenvalue weighted by Gasteiger charge is -2.12. The van der Waals surface area contributed by atoms with Crippen molar-refractivity contribution in [1.82, 2.24) is 20.4 Å². The van der Waals surface area contributed by atoms with Crippen LogP contribution in [0.4, 0.5) is 10.5 Å². The standard InChI is InChI=1S/C16H21N5O2/c1-10-8-12(21(4)20-10)9-18-16(23)19-14-7-5-6-13(11(14)2)15(22)17-3/h5-8H,9H2,1-4H3,(H,17,22)(H2,18,19,23). The van der Waals surface area contributed by atoms with Gasteiger partial charge in [0.05, 0.1) is 17.9 Å². The van der Waals surface area contributed by atoms with Crippen LogP contribution < -0.4 is 16.0 Å². The highest BCUT2D eigenvalue weighted by molar-refractivity contribution is 5.98. The van der Waals surface area contributed by atoms with Gasteiger partial charge in [-0.1, -0.05) is 6.07 Å². The fraction of sp³-hybridized carbons (Fsp3) is 0.312. The molecule has 2 rings (SSSR count). The molecular weight excluding hydrogens is 294 g/mol. The SMILES string of the molecule is CNC(=O)c1cccc(NC(=O)NCc2cc(C)nn2C)c1C. The third-order valence-corrected chi connectivity index (χ3v) is 3.58. The van der Waals surface area contributed by atoms with E-state index in [0.29, 0.717) is 17.8 Å². The Morgan fingerprint density at radius 3 is 2.61 bits per heavy atom. The van der Waals surface area contributed by atoms with Gasteiger partial charge in [-0.25, -0.2) is 4.79 Å². The Hall–Kier alpha value is -2.83. The summed E-state index contributed by atoms with van der Waals surface area (Å²) in [5.41, 5.74) is 3.67. The number of carbonyl (C=O) groups excluding carboxylic acids is 2. The molecule has 0 bridgehead atoms.